The smallest absolute Gasteiger partial charge is 0.306 e. The van der Waals surface area contributed by atoms with Gasteiger partial charge in [-0.15, -0.1) is 0 Å². The number of ether oxygens (including phenoxy) is 3. The molecule has 1 N–H and O–H groups in total. The molecule has 152 valence electrons. The van der Waals surface area contributed by atoms with E-state index in [9.17, 15) is 13.2 Å². The van der Waals surface area contributed by atoms with Crippen LogP contribution in [-0.2, 0) is 26.0 Å². The number of benzene rings is 1. The molecule has 0 aliphatic heterocycles. The highest BCUT2D eigenvalue weighted by molar-refractivity contribution is 7.92. The second-order valence-corrected chi connectivity index (χ2v) is 7.60. The van der Waals surface area contributed by atoms with E-state index in [-0.39, 0.29) is 35.9 Å². The number of nitrogens with zero attached hydrogens (tertiary/aromatic N) is 1. The molecule has 0 fully saturated rings. The number of anilines is 1. The van der Waals surface area contributed by atoms with Crippen LogP contribution in [-0.4, -0.2) is 40.2 Å². The summed E-state index contributed by atoms with van der Waals surface area (Å²) in [7, 11) is -1.10. The Hall–Kier alpha value is -2.81. The minimum atomic E-state index is -3.97. The summed E-state index contributed by atoms with van der Waals surface area (Å²) in [5.74, 6) is 0.416. The second kappa shape index (κ2) is 9.41. The monoisotopic (exact) mass is 408 g/mol. The van der Waals surface area contributed by atoms with Crippen LogP contribution in [0.4, 0.5) is 5.82 Å². The van der Waals surface area contributed by atoms with Crippen molar-refractivity contribution in [2.45, 2.75) is 31.6 Å². The van der Waals surface area contributed by atoms with Gasteiger partial charge < -0.3 is 14.2 Å². The van der Waals surface area contributed by atoms with Gasteiger partial charge in [0.25, 0.3) is 10.0 Å². The highest BCUT2D eigenvalue weighted by atomic mass is 32.2. The Morgan fingerprint density at radius 2 is 1.82 bits per heavy atom. The molecule has 2 aromatic rings. The lowest BCUT2D eigenvalue weighted by Crippen LogP contribution is -2.17. The number of esters is 1. The third-order valence-electron chi connectivity index (χ3n) is 3.91. The topological polar surface area (TPSA) is 104 Å². The minimum absolute atomic E-state index is 0.0168. The van der Waals surface area contributed by atoms with Gasteiger partial charge in [-0.1, -0.05) is 6.07 Å². The molecule has 0 atom stereocenters. The molecule has 0 saturated carbocycles. The molecule has 1 aromatic heterocycles. The number of nitrogens with one attached hydrogen (secondary N) is 1. The van der Waals surface area contributed by atoms with Crippen LogP contribution in [0.15, 0.2) is 35.4 Å². The van der Waals surface area contributed by atoms with Crippen molar-refractivity contribution in [3.05, 3.63) is 41.6 Å². The SMILES string of the molecule is CCOC(=O)CCc1cc(OC)c(OC)cc1S(=O)(=O)Nc1ccc(C)cn1. The van der Waals surface area contributed by atoms with Gasteiger partial charge in [-0.2, -0.15) is 0 Å². The lowest BCUT2D eigenvalue weighted by atomic mass is 10.1. The van der Waals surface area contributed by atoms with Gasteiger partial charge in [0.05, 0.1) is 25.7 Å². The summed E-state index contributed by atoms with van der Waals surface area (Å²) in [5.41, 5.74) is 1.31. The number of methoxy groups -OCH3 is 2. The predicted octanol–water partition coefficient (Wildman–Crippen LogP) is 2.70. The van der Waals surface area contributed by atoms with Gasteiger partial charge in [0.1, 0.15) is 5.82 Å². The standard InChI is InChI=1S/C19H24N2O6S/c1-5-27-19(22)9-7-14-10-15(25-3)16(26-4)11-17(14)28(23,24)21-18-8-6-13(2)12-20-18/h6,8,10-12H,5,7,9H2,1-4H3,(H,20,21). The molecule has 0 aliphatic carbocycles. The van der Waals surface area contributed by atoms with E-state index in [2.05, 4.69) is 9.71 Å². The van der Waals surface area contributed by atoms with E-state index in [1.54, 1.807) is 31.3 Å². The maximum absolute atomic E-state index is 13.0. The van der Waals surface area contributed by atoms with Crippen molar-refractivity contribution >= 4 is 21.8 Å². The Morgan fingerprint density at radius 3 is 2.39 bits per heavy atom. The summed E-state index contributed by atoms with van der Waals surface area (Å²) in [6, 6.07) is 6.25. The Balaban J connectivity index is 2.43. The lowest BCUT2D eigenvalue weighted by molar-refractivity contribution is -0.143. The summed E-state index contributed by atoms with van der Waals surface area (Å²) in [5, 5.41) is 0. The molecule has 0 bridgehead atoms. The van der Waals surface area contributed by atoms with E-state index in [4.69, 9.17) is 14.2 Å². The number of rotatable bonds is 9. The number of hydrogen-bond donors (Lipinski definition) is 1. The van der Waals surface area contributed by atoms with Gasteiger partial charge in [-0.25, -0.2) is 13.4 Å². The summed E-state index contributed by atoms with van der Waals surface area (Å²) in [4.78, 5) is 15.8. The molecule has 28 heavy (non-hydrogen) atoms. The molecule has 0 saturated heterocycles. The van der Waals surface area contributed by atoms with Gasteiger partial charge in [0.2, 0.25) is 0 Å². The first-order valence-corrected chi connectivity index (χ1v) is 10.1. The first-order valence-electron chi connectivity index (χ1n) is 8.66. The molecule has 8 nitrogen and oxygen atoms in total. The quantitative estimate of drug-likeness (QED) is 0.636. The number of pyridine rings is 1. The highest BCUT2D eigenvalue weighted by Crippen LogP contribution is 2.34. The Morgan fingerprint density at radius 1 is 1.14 bits per heavy atom. The molecule has 0 aliphatic rings. The van der Waals surface area contributed by atoms with Gasteiger partial charge in [-0.05, 0) is 43.5 Å². The van der Waals surface area contributed by atoms with Crippen LogP contribution in [0.25, 0.3) is 0 Å². The molecule has 0 radical (unpaired) electrons. The van der Waals surface area contributed by atoms with Crippen LogP contribution >= 0.6 is 0 Å². The van der Waals surface area contributed by atoms with E-state index >= 15 is 0 Å². The third-order valence-corrected chi connectivity index (χ3v) is 5.35. The zero-order valence-corrected chi connectivity index (χ0v) is 17.1. The summed E-state index contributed by atoms with van der Waals surface area (Å²) >= 11 is 0. The molecule has 0 amide bonds. The van der Waals surface area contributed by atoms with E-state index in [1.807, 2.05) is 6.92 Å². The van der Waals surface area contributed by atoms with E-state index in [0.717, 1.165) is 5.56 Å². The average Bonchev–Trinajstić information content (AvgIpc) is 2.67. The molecule has 9 heteroatoms. The number of carbonyl (C=O) groups is 1. The highest BCUT2D eigenvalue weighted by Gasteiger charge is 2.23. The van der Waals surface area contributed by atoms with Crippen molar-refractivity contribution < 1.29 is 27.4 Å². The molecule has 1 heterocycles. The van der Waals surface area contributed by atoms with Gasteiger partial charge in [0, 0.05) is 18.7 Å². The average molecular weight is 408 g/mol. The van der Waals surface area contributed by atoms with Gasteiger partial charge in [0.15, 0.2) is 11.5 Å². The van der Waals surface area contributed by atoms with Crippen molar-refractivity contribution in [2.24, 2.45) is 0 Å². The van der Waals surface area contributed by atoms with Crippen LogP contribution in [0.1, 0.15) is 24.5 Å². The zero-order chi connectivity index (χ0) is 20.7. The fourth-order valence-corrected chi connectivity index (χ4v) is 3.81. The van der Waals surface area contributed by atoms with Gasteiger partial charge in [-0.3, -0.25) is 9.52 Å². The van der Waals surface area contributed by atoms with Crippen molar-refractivity contribution in [1.29, 1.82) is 0 Å². The van der Waals surface area contributed by atoms with Crippen molar-refractivity contribution in [3.63, 3.8) is 0 Å². The number of aromatic nitrogens is 1. The van der Waals surface area contributed by atoms with Crippen LogP contribution in [0.3, 0.4) is 0 Å². The number of aryl methyl sites for hydroxylation is 2. The van der Waals surface area contributed by atoms with Crippen LogP contribution in [0, 0.1) is 6.92 Å². The maximum atomic E-state index is 13.0. The number of sulfonamides is 1. The molecule has 1 aromatic carbocycles. The Labute approximate surface area is 164 Å². The fraction of sp³-hybridized carbons (Fsp3) is 0.368. The van der Waals surface area contributed by atoms with E-state index in [0.29, 0.717) is 11.3 Å². The van der Waals surface area contributed by atoms with Crippen LogP contribution in [0.5, 0.6) is 11.5 Å². The summed E-state index contributed by atoms with van der Waals surface area (Å²) < 4.78 is 43.8. The van der Waals surface area contributed by atoms with E-state index < -0.39 is 16.0 Å². The molecule has 2 rings (SSSR count). The second-order valence-electron chi connectivity index (χ2n) is 5.95. The number of hydrogen-bond acceptors (Lipinski definition) is 7. The first-order chi connectivity index (χ1) is 13.3. The van der Waals surface area contributed by atoms with Crippen molar-refractivity contribution in [1.82, 2.24) is 4.98 Å². The lowest BCUT2D eigenvalue weighted by Gasteiger charge is -2.16. The largest absolute Gasteiger partial charge is 0.493 e. The maximum Gasteiger partial charge on any atom is 0.306 e. The third kappa shape index (κ3) is 5.35. The summed E-state index contributed by atoms with van der Waals surface area (Å²) in [6.45, 7) is 3.83. The van der Waals surface area contributed by atoms with E-state index in [1.165, 1.54) is 20.3 Å². The van der Waals surface area contributed by atoms with Gasteiger partial charge >= 0.3 is 5.97 Å². The van der Waals surface area contributed by atoms with Crippen LogP contribution in [0.2, 0.25) is 0 Å². The van der Waals surface area contributed by atoms with Crippen LogP contribution < -0.4 is 14.2 Å². The fourth-order valence-electron chi connectivity index (χ4n) is 2.54. The molecular weight excluding hydrogens is 384 g/mol. The van der Waals surface area contributed by atoms with Crippen molar-refractivity contribution in [3.8, 4) is 11.5 Å². The molecular formula is C19H24N2O6S. The normalized spacial score (nSPS) is 11.0. The first kappa shape index (κ1) is 21.5. The molecule has 0 spiro atoms. The molecule has 0 unspecified atom stereocenters. The Bertz CT molecular complexity index is 926. The van der Waals surface area contributed by atoms with Crippen molar-refractivity contribution in [2.75, 3.05) is 25.5 Å². The predicted molar refractivity (Wildman–Crippen MR) is 104 cm³/mol. The Kier molecular flexibility index (Phi) is 7.22. The zero-order valence-electron chi connectivity index (χ0n) is 16.3. The summed E-state index contributed by atoms with van der Waals surface area (Å²) in [6.07, 6.45) is 1.76. The number of carbonyl (C=O) groups excluding carboxylic acids is 1. The minimum Gasteiger partial charge on any atom is -0.493 e.